The molecule has 21 heavy (non-hydrogen) atoms. The standard InChI is InChI=1S/C18H25N3/c1-21(14-7-12-19)15-11-17(16-8-3-2-4-9-16)18-10-5-6-13-20-18/h2-6,8-10,13,17H,7,11-12,14-15,19H2,1H3. The SMILES string of the molecule is CN(CCCN)CCC(c1ccccc1)c1ccccn1. The molecule has 0 spiro atoms. The summed E-state index contributed by atoms with van der Waals surface area (Å²) in [6.07, 6.45) is 4.00. The van der Waals surface area contributed by atoms with E-state index >= 15 is 0 Å². The summed E-state index contributed by atoms with van der Waals surface area (Å²) in [5.74, 6) is 0.354. The van der Waals surface area contributed by atoms with Crippen LogP contribution in [-0.2, 0) is 0 Å². The molecular weight excluding hydrogens is 258 g/mol. The van der Waals surface area contributed by atoms with Crippen molar-refractivity contribution < 1.29 is 0 Å². The van der Waals surface area contributed by atoms with E-state index in [-0.39, 0.29) is 0 Å². The number of pyridine rings is 1. The van der Waals surface area contributed by atoms with Crippen LogP contribution in [0.2, 0.25) is 0 Å². The van der Waals surface area contributed by atoms with E-state index in [1.165, 1.54) is 5.56 Å². The van der Waals surface area contributed by atoms with Crippen molar-refractivity contribution in [1.82, 2.24) is 9.88 Å². The second-order valence-corrected chi connectivity index (χ2v) is 5.45. The van der Waals surface area contributed by atoms with Crippen LogP contribution in [0.4, 0.5) is 0 Å². The van der Waals surface area contributed by atoms with Crippen LogP contribution in [0.1, 0.15) is 30.0 Å². The zero-order chi connectivity index (χ0) is 14.9. The maximum atomic E-state index is 5.58. The molecule has 3 heteroatoms. The van der Waals surface area contributed by atoms with Crippen LogP contribution in [0, 0.1) is 0 Å². The third kappa shape index (κ3) is 4.96. The van der Waals surface area contributed by atoms with E-state index in [0.29, 0.717) is 5.92 Å². The van der Waals surface area contributed by atoms with Crippen molar-refractivity contribution in [2.24, 2.45) is 5.73 Å². The number of aromatic nitrogens is 1. The molecule has 0 aliphatic carbocycles. The van der Waals surface area contributed by atoms with Crippen molar-refractivity contribution in [3.8, 4) is 0 Å². The van der Waals surface area contributed by atoms with Crippen molar-refractivity contribution in [3.63, 3.8) is 0 Å². The molecule has 0 radical (unpaired) electrons. The zero-order valence-corrected chi connectivity index (χ0v) is 12.8. The lowest BCUT2D eigenvalue weighted by atomic mass is 9.92. The van der Waals surface area contributed by atoms with Gasteiger partial charge in [0, 0.05) is 17.8 Å². The topological polar surface area (TPSA) is 42.1 Å². The lowest BCUT2D eigenvalue weighted by molar-refractivity contribution is 0.320. The van der Waals surface area contributed by atoms with Gasteiger partial charge in [0.25, 0.3) is 0 Å². The van der Waals surface area contributed by atoms with Gasteiger partial charge in [0.05, 0.1) is 0 Å². The van der Waals surface area contributed by atoms with Crippen molar-refractivity contribution >= 4 is 0 Å². The Labute approximate surface area is 127 Å². The first-order valence-corrected chi connectivity index (χ1v) is 7.65. The van der Waals surface area contributed by atoms with Gasteiger partial charge in [-0.25, -0.2) is 0 Å². The number of rotatable bonds is 8. The summed E-state index contributed by atoms with van der Waals surface area (Å²) >= 11 is 0. The Morgan fingerprint density at radius 2 is 1.81 bits per heavy atom. The van der Waals surface area contributed by atoms with Crippen LogP contribution < -0.4 is 5.73 Å². The van der Waals surface area contributed by atoms with Gasteiger partial charge in [0.2, 0.25) is 0 Å². The molecule has 1 unspecified atom stereocenters. The van der Waals surface area contributed by atoms with Crippen LogP contribution in [0.15, 0.2) is 54.7 Å². The van der Waals surface area contributed by atoms with Gasteiger partial charge in [0.1, 0.15) is 0 Å². The molecule has 2 rings (SSSR count). The smallest absolute Gasteiger partial charge is 0.0478 e. The minimum atomic E-state index is 0.354. The first-order valence-electron chi connectivity index (χ1n) is 7.65. The largest absolute Gasteiger partial charge is 0.330 e. The number of hydrogen-bond acceptors (Lipinski definition) is 3. The van der Waals surface area contributed by atoms with Crippen LogP contribution in [0.25, 0.3) is 0 Å². The van der Waals surface area contributed by atoms with E-state index in [1.54, 1.807) is 0 Å². The molecule has 0 saturated heterocycles. The third-order valence-corrected chi connectivity index (χ3v) is 3.79. The summed E-state index contributed by atoms with van der Waals surface area (Å²) in [4.78, 5) is 6.91. The highest BCUT2D eigenvalue weighted by Crippen LogP contribution is 2.26. The number of nitrogens with zero attached hydrogens (tertiary/aromatic N) is 2. The molecule has 0 fully saturated rings. The molecule has 2 N–H and O–H groups in total. The predicted molar refractivity (Wildman–Crippen MR) is 88.3 cm³/mol. The lowest BCUT2D eigenvalue weighted by Crippen LogP contribution is -2.24. The first-order chi connectivity index (χ1) is 10.3. The fourth-order valence-corrected chi connectivity index (χ4v) is 2.58. The Balaban J connectivity index is 2.07. The van der Waals surface area contributed by atoms with Gasteiger partial charge in [-0.1, -0.05) is 36.4 Å². The molecule has 0 aliphatic rings. The second kappa shape index (κ2) is 8.55. The molecule has 1 heterocycles. The van der Waals surface area contributed by atoms with Gasteiger partial charge in [-0.2, -0.15) is 0 Å². The van der Waals surface area contributed by atoms with Crippen molar-refractivity contribution in [2.45, 2.75) is 18.8 Å². The summed E-state index contributed by atoms with van der Waals surface area (Å²) in [5.41, 5.74) is 8.06. The maximum absolute atomic E-state index is 5.58. The highest BCUT2D eigenvalue weighted by molar-refractivity contribution is 5.28. The van der Waals surface area contributed by atoms with Crippen LogP contribution in [0.3, 0.4) is 0 Å². The van der Waals surface area contributed by atoms with Crippen LogP contribution >= 0.6 is 0 Å². The van der Waals surface area contributed by atoms with E-state index in [0.717, 1.165) is 38.2 Å². The van der Waals surface area contributed by atoms with Crippen molar-refractivity contribution in [2.75, 3.05) is 26.7 Å². The van der Waals surface area contributed by atoms with E-state index in [9.17, 15) is 0 Å². The van der Waals surface area contributed by atoms with Crippen molar-refractivity contribution in [1.29, 1.82) is 0 Å². The quantitative estimate of drug-likeness (QED) is 0.810. The highest BCUT2D eigenvalue weighted by atomic mass is 15.1. The Morgan fingerprint density at radius 1 is 1.05 bits per heavy atom. The fourth-order valence-electron chi connectivity index (χ4n) is 2.58. The molecule has 1 atom stereocenters. The molecule has 2 aromatic rings. The molecule has 0 amide bonds. The maximum Gasteiger partial charge on any atom is 0.0478 e. The first kappa shape index (κ1) is 15.7. The summed E-state index contributed by atoms with van der Waals surface area (Å²) in [5, 5.41) is 0. The van der Waals surface area contributed by atoms with Gasteiger partial charge in [-0.3, -0.25) is 4.98 Å². The highest BCUT2D eigenvalue weighted by Gasteiger charge is 2.15. The Hall–Kier alpha value is -1.71. The number of nitrogens with two attached hydrogens (primary N) is 1. The third-order valence-electron chi connectivity index (χ3n) is 3.79. The Morgan fingerprint density at radius 3 is 2.48 bits per heavy atom. The predicted octanol–water partition coefficient (Wildman–Crippen LogP) is 2.88. The van der Waals surface area contributed by atoms with E-state index < -0.39 is 0 Å². The molecule has 1 aromatic carbocycles. The molecular formula is C18H25N3. The molecule has 0 bridgehead atoms. The van der Waals surface area contributed by atoms with Crippen LogP contribution in [0.5, 0.6) is 0 Å². The molecule has 0 aliphatic heterocycles. The minimum absolute atomic E-state index is 0.354. The van der Waals surface area contributed by atoms with Gasteiger partial charge < -0.3 is 10.6 Å². The van der Waals surface area contributed by atoms with Crippen LogP contribution in [-0.4, -0.2) is 36.6 Å². The van der Waals surface area contributed by atoms with E-state index in [4.69, 9.17) is 5.73 Å². The van der Waals surface area contributed by atoms with Gasteiger partial charge in [-0.05, 0) is 57.2 Å². The average molecular weight is 283 g/mol. The molecule has 0 saturated carbocycles. The summed E-state index contributed by atoms with van der Waals surface area (Å²) < 4.78 is 0. The van der Waals surface area contributed by atoms with E-state index in [2.05, 4.69) is 59.4 Å². The summed E-state index contributed by atoms with van der Waals surface area (Å²) in [6.45, 7) is 2.86. The molecule has 112 valence electrons. The van der Waals surface area contributed by atoms with E-state index in [1.807, 2.05) is 12.3 Å². The number of benzene rings is 1. The summed E-state index contributed by atoms with van der Waals surface area (Å²) in [6, 6.07) is 16.8. The normalized spacial score (nSPS) is 12.5. The van der Waals surface area contributed by atoms with Gasteiger partial charge in [-0.15, -0.1) is 0 Å². The Bertz CT molecular complexity index is 459. The fraction of sp³-hybridized carbons (Fsp3) is 0.389. The Kier molecular flexibility index (Phi) is 6.38. The zero-order valence-electron chi connectivity index (χ0n) is 12.8. The lowest BCUT2D eigenvalue weighted by Gasteiger charge is -2.21. The van der Waals surface area contributed by atoms with Gasteiger partial charge in [0.15, 0.2) is 0 Å². The molecule has 1 aromatic heterocycles. The second-order valence-electron chi connectivity index (χ2n) is 5.45. The van der Waals surface area contributed by atoms with Gasteiger partial charge >= 0.3 is 0 Å². The van der Waals surface area contributed by atoms with Crippen molar-refractivity contribution in [3.05, 3.63) is 66.0 Å². The summed E-state index contributed by atoms with van der Waals surface area (Å²) in [7, 11) is 2.16. The monoisotopic (exact) mass is 283 g/mol. The average Bonchev–Trinajstić information content (AvgIpc) is 2.55. The molecule has 3 nitrogen and oxygen atoms in total. The number of hydrogen-bond donors (Lipinski definition) is 1. The minimum Gasteiger partial charge on any atom is -0.330 e.